The van der Waals surface area contributed by atoms with Crippen LogP contribution in [0.15, 0.2) is 60.7 Å². The van der Waals surface area contributed by atoms with Gasteiger partial charge in [-0.05, 0) is 80.2 Å². The molecular formula is C22H24BNO2. The van der Waals surface area contributed by atoms with E-state index < -0.39 is 7.12 Å². The van der Waals surface area contributed by atoms with Gasteiger partial charge in [0.15, 0.2) is 0 Å². The maximum Gasteiger partial charge on any atom is 0.488 e. The van der Waals surface area contributed by atoms with Gasteiger partial charge in [0.2, 0.25) is 0 Å². The normalized spacial score (nSPS) is 10.7. The van der Waals surface area contributed by atoms with Crippen LogP contribution in [0.25, 0.3) is 0 Å². The third-order valence-electron chi connectivity index (χ3n) is 4.79. The molecule has 0 unspecified atom stereocenters. The molecule has 3 rings (SSSR count). The Hall–Kier alpha value is -2.56. The summed E-state index contributed by atoms with van der Waals surface area (Å²) in [5, 5.41) is 18.7. The zero-order valence-electron chi connectivity index (χ0n) is 15.7. The summed E-state index contributed by atoms with van der Waals surface area (Å²) < 4.78 is 0. The molecule has 0 aliphatic carbocycles. The van der Waals surface area contributed by atoms with E-state index in [0.29, 0.717) is 5.46 Å². The highest BCUT2D eigenvalue weighted by Crippen LogP contribution is 2.37. The van der Waals surface area contributed by atoms with Gasteiger partial charge in [-0.2, -0.15) is 0 Å². The number of rotatable bonds is 4. The van der Waals surface area contributed by atoms with Crippen molar-refractivity contribution in [2.45, 2.75) is 27.7 Å². The molecule has 0 aromatic heterocycles. The predicted molar refractivity (Wildman–Crippen MR) is 110 cm³/mol. The minimum absolute atomic E-state index is 0.481. The summed E-state index contributed by atoms with van der Waals surface area (Å²) in [6.45, 7) is 8.43. The lowest BCUT2D eigenvalue weighted by molar-refractivity contribution is 0.426. The molecule has 0 fully saturated rings. The van der Waals surface area contributed by atoms with E-state index in [2.05, 4.69) is 69.0 Å². The fourth-order valence-corrected chi connectivity index (χ4v) is 3.14. The molecule has 0 aliphatic heterocycles. The quantitative estimate of drug-likeness (QED) is 0.701. The first-order valence-corrected chi connectivity index (χ1v) is 8.77. The van der Waals surface area contributed by atoms with Gasteiger partial charge < -0.3 is 14.9 Å². The SMILES string of the molecule is Cc1ccc(N(c2ccc(B(O)O)cc2)c2ccc(C)c(C)c2)c(C)c1. The van der Waals surface area contributed by atoms with Crippen molar-refractivity contribution in [1.29, 1.82) is 0 Å². The van der Waals surface area contributed by atoms with Crippen molar-refractivity contribution in [3.63, 3.8) is 0 Å². The van der Waals surface area contributed by atoms with E-state index in [1.165, 1.54) is 22.3 Å². The summed E-state index contributed by atoms with van der Waals surface area (Å²) in [5.41, 5.74) is 8.56. The summed E-state index contributed by atoms with van der Waals surface area (Å²) >= 11 is 0. The first-order valence-electron chi connectivity index (χ1n) is 8.77. The summed E-state index contributed by atoms with van der Waals surface area (Å²) in [6.07, 6.45) is 0. The number of hydrogen-bond donors (Lipinski definition) is 2. The van der Waals surface area contributed by atoms with Gasteiger partial charge in [0.25, 0.3) is 0 Å². The molecule has 26 heavy (non-hydrogen) atoms. The second-order valence-corrected chi connectivity index (χ2v) is 6.86. The van der Waals surface area contributed by atoms with Gasteiger partial charge in [0, 0.05) is 17.1 Å². The van der Waals surface area contributed by atoms with Gasteiger partial charge in [-0.15, -0.1) is 0 Å². The van der Waals surface area contributed by atoms with Crippen LogP contribution in [0.1, 0.15) is 22.3 Å². The molecule has 0 radical (unpaired) electrons. The predicted octanol–water partition coefficient (Wildman–Crippen LogP) is 4.07. The number of nitrogens with zero attached hydrogens (tertiary/aromatic N) is 1. The Bertz CT molecular complexity index is 920. The molecule has 132 valence electrons. The van der Waals surface area contributed by atoms with Crippen LogP contribution < -0.4 is 10.4 Å². The maximum atomic E-state index is 9.37. The first kappa shape index (κ1) is 18.2. The minimum atomic E-state index is -1.46. The molecular weight excluding hydrogens is 321 g/mol. The largest absolute Gasteiger partial charge is 0.488 e. The van der Waals surface area contributed by atoms with Crippen LogP contribution in [0, 0.1) is 27.7 Å². The van der Waals surface area contributed by atoms with E-state index in [-0.39, 0.29) is 0 Å². The Balaban J connectivity index is 2.16. The Morgan fingerprint density at radius 1 is 0.654 bits per heavy atom. The average Bonchev–Trinajstić information content (AvgIpc) is 2.60. The van der Waals surface area contributed by atoms with Gasteiger partial charge >= 0.3 is 7.12 Å². The third kappa shape index (κ3) is 3.67. The zero-order chi connectivity index (χ0) is 18.8. The highest BCUT2D eigenvalue weighted by atomic mass is 16.4. The van der Waals surface area contributed by atoms with Gasteiger partial charge in [0.1, 0.15) is 0 Å². The van der Waals surface area contributed by atoms with Crippen molar-refractivity contribution in [3.8, 4) is 0 Å². The second kappa shape index (κ2) is 7.36. The van der Waals surface area contributed by atoms with Crippen molar-refractivity contribution in [3.05, 3.63) is 82.9 Å². The van der Waals surface area contributed by atoms with Crippen molar-refractivity contribution in [2.75, 3.05) is 4.90 Å². The lowest BCUT2D eigenvalue weighted by atomic mass is 9.80. The van der Waals surface area contributed by atoms with Crippen molar-refractivity contribution >= 4 is 29.6 Å². The molecule has 3 nitrogen and oxygen atoms in total. The van der Waals surface area contributed by atoms with E-state index >= 15 is 0 Å². The van der Waals surface area contributed by atoms with Crippen LogP contribution in [0.3, 0.4) is 0 Å². The molecule has 3 aromatic rings. The zero-order valence-corrected chi connectivity index (χ0v) is 15.7. The van der Waals surface area contributed by atoms with Crippen LogP contribution in [0.2, 0.25) is 0 Å². The molecule has 0 aliphatic rings. The molecule has 2 N–H and O–H groups in total. The molecule has 0 saturated carbocycles. The lowest BCUT2D eigenvalue weighted by Crippen LogP contribution is -2.29. The van der Waals surface area contributed by atoms with Crippen molar-refractivity contribution in [2.24, 2.45) is 0 Å². The number of anilines is 3. The standard InChI is InChI=1S/C22H24BNO2/c1-15-5-12-22(18(4)13-15)24(21-9-6-16(2)17(3)14-21)20-10-7-19(8-11-20)23(25)26/h5-14,25-26H,1-4H3. The smallest absolute Gasteiger partial charge is 0.423 e. The number of aryl methyl sites for hydroxylation is 4. The monoisotopic (exact) mass is 345 g/mol. The van der Waals surface area contributed by atoms with Crippen LogP contribution in [0.5, 0.6) is 0 Å². The molecule has 0 heterocycles. The summed E-state index contributed by atoms with van der Waals surface area (Å²) in [6, 6.07) is 20.2. The van der Waals surface area contributed by atoms with Crippen LogP contribution in [-0.4, -0.2) is 17.2 Å². The summed E-state index contributed by atoms with van der Waals surface area (Å²) in [7, 11) is -1.46. The molecule has 0 atom stereocenters. The molecule has 4 heteroatoms. The fraction of sp³-hybridized carbons (Fsp3) is 0.182. The first-order chi connectivity index (χ1) is 12.4. The van der Waals surface area contributed by atoms with Gasteiger partial charge in [0.05, 0.1) is 0 Å². The Labute approximate surface area is 155 Å². The van der Waals surface area contributed by atoms with Gasteiger partial charge in [-0.25, -0.2) is 0 Å². The topological polar surface area (TPSA) is 43.7 Å². The molecule has 0 amide bonds. The molecule has 0 bridgehead atoms. The third-order valence-corrected chi connectivity index (χ3v) is 4.79. The van der Waals surface area contributed by atoms with Gasteiger partial charge in [-0.1, -0.05) is 35.9 Å². The van der Waals surface area contributed by atoms with Crippen LogP contribution in [0.4, 0.5) is 17.1 Å². The van der Waals surface area contributed by atoms with Gasteiger partial charge in [-0.3, -0.25) is 0 Å². The molecule has 0 saturated heterocycles. The lowest BCUT2D eigenvalue weighted by Gasteiger charge is -2.28. The van der Waals surface area contributed by atoms with Crippen molar-refractivity contribution in [1.82, 2.24) is 0 Å². The second-order valence-electron chi connectivity index (χ2n) is 6.86. The average molecular weight is 345 g/mol. The highest BCUT2D eigenvalue weighted by molar-refractivity contribution is 6.58. The van der Waals surface area contributed by atoms with Crippen LogP contribution >= 0.6 is 0 Å². The molecule has 3 aromatic carbocycles. The maximum absolute atomic E-state index is 9.37. The minimum Gasteiger partial charge on any atom is -0.423 e. The van der Waals surface area contributed by atoms with E-state index in [0.717, 1.165) is 17.1 Å². The van der Waals surface area contributed by atoms with Crippen molar-refractivity contribution < 1.29 is 10.0 Å². The Kier molecular flexibility index (Phi) is 5.17. The van der Waals surface area contributed by atoms with Crippen LogP contribution in [-0.2, 0) is 0 Å². The van der Waals surface area contributed by atoms with E-state index in [4.69, 9.17) is 0 Å². The fourth-order valence-electron chi connectivity index (χ4n) is 3.14. The number of hydrogen-bond acceptors (Lipinski definition) is 3. The summed E-state index contributed by atoms with van der Waals surface area (Å²) in [5.74, 6) is 0. The highest BCUT2D eigenvalue weighted by Gasteiger charge is 2.17. The Morgan fingerprint density at radius 2 is 1.31 bits per heavy atom. The number of benzene rings is 3. The van der Waals surface area contributed by atoms with E-state index in [1.807, 2.05) is 12.1 Å². The Morgan fingerprint density at radius 3 is 1.88 bits per heavy atom. The molecule has 0 spiro atoms. The summed E-state index contributed by atoms with van der Waals surface area (Å²) in [4.78, 5) is 2.20. The van der Waals surface area contributed by atoms with E-state index in [1.54, 1.807) is 12.1 Å². The van der Waals surface area contributed by atoms with E-state index in [9.17, 15) is 10.0 Å².